The highest BCUT2D eigenvalue weighted by Gasteiger charge is 2.07. The molecule has 1 atom stereocenters. The van der Waals surface area contributed by atoms with Crippen molar-refractivity contribution < 1.29 is 4.79 Å². The number of anilines is 1. The van der Waals surface area contributed by atoms with Crippen molar-refractivity contribution in [2.24, 2.45) is 5.92 Å². The van der Waals surface area contributed by atoms with E-state index in [9.17, 15) is 4.79 Å². The quantitative estimate of drug-likeness (QED) is 0.788. The Morgan fingerprint density at radius 2 is 1.60 bits per heavy atom. The van der Waals surface area contributed by atoms with Gasteiger partial charge in [0, 0.05) is 23.3 Å². The second-order valence-electron chi connectivity index (χ2n) is 6.22. The highest BCUT2D eigenvalue weighted by Crippen LogP contribution is 2.14. The van der Waals surface area contributed by atoms with Crippen molar-refractivity contribution in [2.45, 2.75) is 59.5 Å². The van der Waals surface area contributed by atoms with Gasteiger partial charge in [-0.3, -0.25) is 4.79 Å². The number of rotatable bonds is 7. The van der Waals surface area contributed by atoms with Gasteiger partial charge in [-0.05, 0) is 63.8 Å². The minimum Gasteiger partial charge on any atom is -0.383 e. The average Bonchev–Trinajstić information content (AvgIpc) is 2.36. The Labute approximate surface area is 123 Å². The number of carbonyl (C=O) groups is 1. The third-order valence-corrected chi connectivity index (χ3v) is 3.16. The predicted octanol–water partition coefficient (Wildman–Crippen LogP) is 4.06. The third kappa shape index (κ3) is 6.09. The predicted molar refractivity (Wildman–Crippen MR) is 86.2 cm³/mol. The monoisotopic (exact) mass is 276 g/mol. The van der Waals surface area contributed by atoms with E-state index in [0.717, 1.165) is 18.0 Å². The summed E-state index contributed by atoms with van der Waals surface area (Å²) < 4.78 is 0. The van der Waals surface area contributed by atoms with Crippen molar-refractivity contribution in [2.75, 3.05) is 5.32 Å². The zero-order valence-electron chi connectivity index (χ0n) is 13.4. The Kier molecular flexibility index (Phi) is 6.56. The summed E-state index contributed by atoms with van der Waals surface area (Å²) in [7, 11) is 0. The first-order valence-corrected chi connectivity index (χ1v) is 7.56. The van der Waals surface area contributed by atoms with Crippen LogP contribution in [0.5, 0.6) is 0 Å². The van der Waals surface area contributed by atoms with Gasteiger partial charge in [-0.1, -0.05) is 13.8 Å². The van der Waals surface area contributed by atoms with Gasteiger partial charge in [-0.15, -0.1) is 0 Å². The molecule has 0 aliphatic rings. The van der Waals surface area contributed by atoms with Crippen LogP contribution in [0.2, 0.25) is 0 Å². The van der Waals surface area contributed by atoms with E-state index in [0.29, 0.717) is 11.6 Å². The third-order valence-electron chi connectivity index (χ3n) is 3.16. The van der Waals surface area contributed by atoms with Crippen LogP contribution in [0.15, 0.2) is 24.3 Å². The molecule has 0 heterocycles. The zero-order chi connectivity index (χ0) is 15.1. The number of hydrogen-bond donors (Lipinski definition) is 2. The van der Waals surface area contributed by atoms with E-state index >= 15 is 0 Å². The van der Waals surface area contributed by atoms with E-state index < -0.39 is 0 Å². The van der Waals surface area contributed by atoms with E-state index in [1.807, 2.05) is 38.1 Å². The molecular weight excluding hydrogens is 248 g/mol. The molecule has 112 valence electrons. The normalized spacial score (nSPS) is 12.6. The molecule has 0 saturated carbocycles. The molecule has 0 radical (unpaired) electrons. The number of nitrogens with one attached hydrogen (secondary N) is 2. The summed E-state index contributed by atoms with van der Waals surface area (Å²) in [6, 6.07) is 8.30. The molecule has 0 aliphatic heterocycles. The molecule has 1 amide bonds. The first-order valence-electron chi connectivity index (χ1n) is 7.56. The molecule has 1 unspecified atom stereocenters. The number of benzene rings is 1. The molecule has 0 saturated heterocycles. The Morgan fingerprint density at radius 1 is 1.00 bits per heavy atom. The first-order chi connectivity index (χ1) is 9.38. The van der Waals surface area contributed by atoms with E-state index in [1.54, 1.807) is 0 Å². The Morgan fingerprint density at radius 3 is 2.10 bits per heavy atom. The first kappa shape index (κ1) is 16.5. The lowest BCUT2D eigenvalue weighted by Gasteiger charge is -2.16. The summed E-state index contributed by atoms with van der Waals surface area (Å²) >= 11 is 0. The SMILES string of the molecule is CC(C)CCC(C)Nc1ccc(C(=O)NC(C)C)cc1. The number of hydrogen-bond acceptors (Lipinski definition) is 2. The van der Waals surface area contributed by atoms with Gasteiger partial charge in [-0.25, -0.2) is 0 Å². The fraction of sp³-hybridized carbons (Fsp3) is 0.588. The van der Waals surface area contributed by atoms with Crippen LogP contribution >= 0.6 is 0 Å². The maximum atomic E-state index is 11.8. The average molecular weight is 276 g/mol. The number of carbonyl (C=O) groups excluding carboxylic acids is 1. The van der Waals surface area contributed by atoms with E-state index in [-0.39, 0.29) is 11.9 Å². The lowest BCUT2D eigenvalue weighted by Crippen LogP contribution is -2.30. The van der Waals surface area contributed by atoms with Gasteiger partial charge in [0.2, 0.25) is 0 Å². The summed E-state index contributed by atoms with van der Waals surface area (Å²) in [5.74, 6) is 0.723. The molecule has 0 aliphatic carbocycles. The zero-order valence-corrected chi connectivity index (χ0v) is 13.4. The molecule has 1 aromatic rings. The summed E-state index contributed by atoms with van der Waals surface area (Å²) in [4.78, 5) is 11.8. The smallest absolute Gasteiger partial charge is 0.251 e. The highest BCUT2D eigenvalue weighted by molar-refractivity contribution is 5.94. The van der Waals surface area contributed by atoms with Crippen LogP contribution in [-0.4, -0.2) is 18.0 Å². The minimum atomic E-state index is -0.0144. The molecule has 0 fully saturated rings. The Bertz CT molecular complexity index is 410. The molecule has 0 aromatic heterocycles. The van der Waals surface area contributed by atoms with Crippen molar-refractivity contribution >= 4 is 11.6 Å². The fourth-order valence-corrected chi connectivity index (χ4v) is 2.00. The van der Waals surface area contributed by atoms with Crippen LogP contribution in [0.25, 0.3) is 0 Å². The van der Waals surface area contributed by atoms with Gasteiger partial charge in [-0.2, -0.15) is 0 Å². The molecule has 0 bridgehead atoms. The van der Waals surface area contributed by atoms with Gasteiger partial charge >= 0.3 is 0 Å². The molecule has 2 N–H and O–H groups in total. The van der Waals surface area contributed by atoms with Gasteiger partial charge in [0.15, 0.2) is 0 Å². The van der Waals surface area contributed by atoms with Crippen LogP contribution < -0.4 is 10.6 Å². The van der Waals surface area contributed by atoms with Crippen molar-refractivity contribution in [3.8, 4) is 0 Å². The van der Waals surface area contributed by atoms with Crippen molar-refractivity contribution in [1.82, 2.24) is 5.32 Å². The summed E-state index contributed by atoms with van der Waals surface area (Å²) in [6.07, 6.45) is 2.39. The molecule has 1 aromatic carbocycles. The maximum absolute atomic E-state index is 11.8. The topological polar surface area (TPSA) is 41.1 Å². The van der Waals surface area contributed by atoms with Crippen LogP contribution in [0.3, 0.4) is 0 Å². The van der Waals surface area contributed by atoms with Gasteiger partial charge in [0.25, 0.3) is 5.91 Å². The van der Waals surface area contributed by atoms with Crippen LogP contribution in [-0.2, 0) is 0 Å². The second kappa shape index (κ2) is 7.93. The van der Waals surface area contributed by atoms with E-state index in [4.69, 9.17) is 0 Å². The lowest BCUT2D eigenvalue weighted by atomic mass is 10.0. The standard InChI is InChI=1S/C17H28N2O/c1-12(2)6-7-14(5)19-16-10-8-15(9-11-16)17(20)18-13(3)4/h8-14,19H,6-7H2,1-5H3,(H,18,20). The maximum Gasteiger partial charge on any atom is 0.251 e. The van der Waals surface area contributed by atoms with Crippen LogP contribution in [0.4, 0.5) is 5.69 Å². The van der Waals surface area contributed by atoms with Gasteiger partial charge < -0.3 is 10.6 Å². The van der Waals surface area contributed by atoms with Crippen LogP contribution in [0, 0.1) is 5.92 Å². The largest absolute Gasteiger partial charge is 0.383 e. The van der Waals surface area contributed by atoms with Crippen molar-refractivity contribution in [3.05, 3.63) is 29.8 Å². The number of amides is 1. The Hall–Kier alpha value is -1.51. The lowest BCUT2D eigenvalue weighted by molar-refractivity contribution is 0.0943. The summed E-state index contributed by atoms with van der Waals surface area (Å²) in [5.41, 5.74) is 1.78. The molecule has 20 heavy (non-hydrogen) atoms. The molecular formula is C17H28N2O. The Balaban J connectivity index is 2.52. The van der Waals surface area contributed by atoms with Crippen LogP contribution in [0.1, 0.15) is 57.8 Å². The minimum absolute atomic E-state index is 0.0144. The fourth-order valence-electron chi connectivity index (χ4n) is 2.00. The molecule has 0 spiro atoms. The summed E-state index contributed by atoms with van der Waals surface area (Å²) in [5, 5.41) is 6.37. The van der Waals surface area contributed by atoms with Gasteiger partial charge in [0.05, 0.1) is 0 Å². The van der Waals surface area contributed by atoms with E-state index in [2.05, 4.69) is 31.4 Å². The second-order valence-corrected chi connectivity index (χ2v) is 6.22. The highest BCUT2D eigenvalue weighted by atomic mass is 16.1. The van der Waals surface area contributed by atoms with Gasteiger partial charge in [0.1, 0.15) is 0 Å². The van der Waals surface area contributed by atoms with Crippen molar-refractivity contribution in [3.63, 3.8) is 0 Å². The van der Waals surface area contributed by atoms with E-state index in [1.165, 1.54) is 6.42 Å². The molecule has 3 nitrogen and oxygen atoms in total. The summed E-state index contributed by atoms with van der Waals surface area (Å²) in [6.45, 7) is 10.6. The van der Waals surface area contributed by atoms with Crippen molar-refractivity contribution in [1.29, 1.82) is 0 Å². The molecule has 1 rings (SSSR count). The molecule has 3 heteroatoms.